The van der Waals surface area contributed by atoms with E-state index in [-0.39, 0.29) is 5.82 Å². The van der Waals surface area contributed by atoms with Crippen LogP contribution in [-0.4, -0.2) is 23.5 Å². The minimum Gasteiger partial charge on any atom is -0.488 e. The zero-order valence-electron chi connectivity index (χ0n) is 20.7. The predicted octanol–water partition coefficient (Wildman–Crippen LogP) is 6.25. The summed E-state index contributed by atoms with van der Waals surface area (Å²) in [6.45, 7) is 2.11. The molecule has 4 aromatic rings. The fourth-order valence-electron chi connectivity index (χ4n) is 5.22. The maximum atomic E-state index is 14.0. The van der Waals surface area contributed by atoms with Crippen LogP contribution >= 0.6 is 0 Å². The van der Waals surface area contributed by atoms with E-state index in [1.165, 1.54) is 36.4 Å². The third-order valence-corrected chi connectivity index (χ3v) is 7.15. The van der Waals surface area contributed by atoms with Gasteiger partial charge in [0.1, 0.15) is 18.2 Å². The molecule has 2 aromatic carbocycles. The lowest BCUT2D eigenvalue weighted by Crippen LogP contribution is -2.10. The molecule has 1 aliphatic heterocycles. The van der Waals surface area contributed by atoms with Crippen molar-refractivity contribution in [3.05, 3.63) is 99.8 Å². The fourth-order valence-corrected chi connectivity index (χ4v) is 5.22. The van der Waals surface area contributed by atoms with Gasteiger partial charge in [-0.3, -0.25) is 0 Å². The van der Waals surface area contributed by atoms with Crippen molar-refractivity contribution in [2.45, 2.75) is 38.7 Å². The van der Waals surface area contributed by atoms with Crippen molar-refractivity contribution in [3.8, 4) is 11.8 Å². The van der Waals surface area contributed by atoms with E-state index in [0.717, 1.165) is 45.6 Å². The number of benzene rings is 2. The molecule has 1 saturated carbocycles. The van der Waals surface area contributed by atoms with Crippen LogP contribution in [0.1, 0.15) is 59.3 Å². The molecule has 6 heteroatoms. The number of pyridine rings is 1. The van der Waals surface area contributed by atoms with Gasteiger partial charge in [-0.15, -0.1) is 0 Å². The van der Waals surface area contributed by atoms with Crippen LogP contribution in [-0.2, 0) is 13.0 Å². The molecule has 2 aliphatic rings. The molecule has 0 atom stereocenters. The van der Waals surface area contributed by atoms with Crippen LogP contribution in [0, 0.1) is 17.1 Å². The first-order chi connectivity index (χ1) is 17.4. The number of rotatable bonds is 4. The summed E-state index contributed by atoms with van der Waals surface area (Å²) in [4.78, 5) is 7.20. The second kappa shape index (κ2) is 8.53. The Morgan fingerprint density at radius 3 is 2.72 bits per heavy atom. The number of ether oxygens (including phenoxy) is 1. The van der Waals surface area contributed by atoms with Crippen molar-refractivity contribution in [3.63, 3.8) is 0 Å². The summed E-state index contributed by atoms with van der Waals surface area (Å²) in [5.74, 6) is 0.634. The van der Waals surface area contributed by atoms with E-state index >= 15 is 0 Å². The first kappa shape index (κ1) is 22.4. The summed E-state index contributed by atoms with van der Waals surface area (Å²) in [6, 6.07) is 17.3. The number of nitriles is 1. The molecular weight excluding hydrogens is 451 g/mol. The van der Waals surface area contributed by atoms with Crippen molar-refractivity contribution in [2.24, 2.45) is 0 Å². The lowest BCUT2D eigenvalue weighted by atomic mass is 9.89. The number of nitrogens with zero attached hydrogens (tertiary/aromatic N) is 4. The number of imidazole rings is 1. The molecule has 0 saturated heterocycles. The molecule has 0 N–H and O–H groups in total. The highest BCUT2D eigenvalue weighted by molar-refractivity contribution is 5.88. The molecule has 180 valence electrons. The van der Waals surface area contributed by atoms with Gasteiger partial charge in [-0.1, -0.05) is 18.2 Å². The third-order valence-electron chi connectivity index (χ3n) is 7.15. The number of halogens is 1. The molecule has 36 heavy (non-hydrogen) atoms. The van der Waals surface area contributed by atoms with Gasteiger partial charge in [0.25, 0.3) is 0 Å². The van der Waals surface area contributed by atoms with Gasteiger partial charge in [0, 0.05) is 55.4 Å². The zero-order chi connectivity index (χ0) is 25.0. The van der Waals surface area contributed by atoms with Crippen molar-refractivity contribution < 1.29 is 9.13 Å². The Morgan fingerprint density at radius 1 is 1.17 bits per heavy atom. The topological polar surface area (TPSA) is 53.6 Å². The number of hydrogen-bond donors (Lipinski definition) is 0. The molecule has 6 rings (SSSR count). The number of anilines is 1. The fraction of sp³-hybridized carbons (Fsp3) is 0.267. The lowest BCUT2D eigenvalue weighted by Gasteiger charge is -2.14. The molecule has 0 amide bonds. The van der Waals surface area contributed by atoms with E-state index in [2.05, 4.69) is 51.9 Å². The van der Waals surface area contributed by atoms with Gasteiger partial charge in [-0.25, -0.2) is 9.37 Å². The Morgan fingerprint density at radius 2 is 1.97 bits per heavy atom. The molecular formula is C30H27FN4O. The minimum atomic E-state index is -0.355. The van der Waals surface area contributed by atoms with E-state index < -0.39 is 0 Å². The summed E-state index contributed by atoms with van der Waals surface area (Å²) in [6.07, 6.45) is 5.21. The summed E-state index contributed by atoms with van der Waals surface area (Å²) < 4.78 is 22.3. The van der Waals surface area contributed by atoms with Gasteiger partial charge in [0.05, 0.1) is 23.1 Å². The van der Waals surface area contributed by atoms with Gasteiger partial charge in [0.15, 0.2) is 5.65 Å². The highest BCUT2D eigenvalue weighted by Crippen LogP contribution is 2.43. The van der Waals surface area contributed by atoms with E-state index in [0.29, 0.717) is 23.8 Å². The SMILES string of the molecule is C/C(C#N)=C1/c2ccc(Cc3c(C4CC4)nc4c(N(C)C)cccn34)cc2COc2cc(F)ccc21. The molecule has 5 nitrogen and oxygen atoms in total. The van der Waals surface area contributed by atoms with Gasteiger partial charge in [-0.05, 0) is 60.7 Å². The molecule has 0 unspecified atom stereocenters. The maximum absolute atomic E-state index is 14.0. The minimum absolute atomic E-state index is 0.315. The maximum Gasteiger partial charge on any atom is 0.160 e. The Labute approximate surface area is 210 Å². The van der Waals surface area contributed by atoms with E-state index in [1.54, 1.807) is 13.0 Å². The summed E-state index contributed by atoms with van der Waals surface area (Å²) in [5.41, 5.74) is 9.74. The molecule has 0 spiro atoms. The van der Waals surface area contributed by atoms with Gasteiger partial charge in [0.2, 0.25) is 0 Å². The van der Waals surface area contributed by atoms with E-state index in [9.17, 15) is 9.65 Å². The Bertz CT molecular complexity index is 1590. The van der Waals surface area contributed by atoms with Crippen molar-refractivity contribution in [1.82, 2.24) is 9.38 Å². The molecule has 1 aliphatic carbocycles. The van der Waals surface area contributed by atoms with Crippen LogP contribution in [0.2, 0.25) is 0 Å². The van der Waals surface area contributed by atoms with Gasteiger partial charge >= 0.3 is 0 Å². The second-order valence-corrected chi connectivity index (χ2v) is 9.91. The Hall–Kier alpha value is -4.11. The smallest absolute Gasteiger partial charge is 0.160 e. The quantitative estimate of drug-likeness (QED) is 0.326. The predicted molar refractivity (Wildman–Crippen MR) is 139 cm³/mol. The van der Waals surface area contributed by atoms with Crippen LogP contribution in [0.4, 0.5) is 10.1 Å². The summed E-state index contributed by atoms with van der Waals surface area (Å²) in [5, 5.41) is 9.72. The first-order valence-electron chi connectivity index (χ1n) is 12.3. The molecule has 2 aromatic heterocycles. The second-order valence-electron chi connectivity index (χ2n) is 9.91. The van der Waals surface area contributed by atoms with Crippen LogP contribution in [0.15, 0.2) is 60.3 Å². The van der Waals surface area contributed by atoms with Gasteiger partial charge in [-0.2, -0.15) is 5.26 Å². The summed E-state index contributed by atoms with van der Waals surface area (Å²) in [7, 11) is 4.09. The van der Waals surface area contributed by atoms with Crippen molar-refractivity contribution >= 4 is 16.9 Å². The molecule has 1 fully saturated rings. The van der Waals surface area contributed by atoms with E-state index in [4.69, 9.17) is 9.72 Å². The van der Waals surface area contributed by atoms with Crippen LogP contribution in [0.3, 0.4) is 0 Å². The monoisotopic (exact) mass is 478 g/mol. The highest BCUT2D eigenvalue weighted by Gasteiger charge is 2.31. The van der Waals surface area contributed by atoms with Gasteiger partial charge < -0.3 is 14.0 Å². The van der Waals surface area contributed by atoms with E-state index in [1.807, 2.05) is 14.1 Å². The third kappa shape index (κ3) is 3.72. The molecule has 0 bridgehead atoms. The van der Waals surface area contributed by atoms with Crippen LogP contribution in [0.25, 0.3) is 11.2 Å². The average molecular weight is 479 g/mol. The van der Waals surface area contributed by atoms with Crippen LogP contribution in [0.5, 0.6) is 5.75 Å². The van der Waals surface area contributed by atoms with Crippen molar-refractivity contribution in [2.75, 3.05) is 19.0 Å². The number of hydrogen-bond acceptors (Lipinski definition) is 4. The molecule has 0 radical (unpaired) electrons. The number of aromatic nitrogens is 2. The number of fused-ring (bicyclic) bond motifs is 3. The largest absolute Gasteiger partial charge is 0.488 e. The summed E-state index contributed by atoms with van der Waals surface area (Å²) >= 11 is 0. The highest BCUT2D eigenvalue weighted by atomic mass is 19.1. The average Bonchev–Trinajstić information content (AvgIpc) is 3.67. The number of allylic oxidation sites excluding steroid dienone is 1. The zero-order valence-corrected chi connectivity index (χ0v) is 20.7. The Kier molecular flexibility index (Phi) is 5.30. The first-order valence-corrected chi connectivity index (χ1v) is 12.3. The lowest BCUT2D eigenvalue weighted by molar-refractivity contribution is 0.305. The Balaban J connectivity index is 1.45. The van der Waals surface area contributed by atoms with Crippen molar-refractivity contribution in [1.29, 1.82) is 5.26 Å². The van der Waals surface area contributed by atoms with Crippen LogP contribution < -0.4 is 9.64 Å². The standard InChI is InChI=1S/C30H27FN4O/c1-18(16-32)28-23-10-6-19(13-21(23)17-36-27-15-22(31)9-11-24(27)28)14-26-29(20-7-8-20)33-30-25(34(2)3)5-4-12-35(26)30/h4-6,9-13,15,20H,7-8,14,17H2,1-3H3/b28-18+. The molecule has 3 heterocycles. The normalized spacial score (nSPS) is 16.0.